The van der Waals surface area contributed by atoms with Gasteiger partial charge in [0.15, 0.2) is 0 Å². The first-order chi connectivity index (χ1) is 12.5. The molecule has 0 saturated carbocycles. The summed E-state index contributed by atoms with van der Waals surface area (Å²) in [5.74, 6) is 0.937. The number of aryl methyl sites for hydroxylation is 5. The fourth-order valence-corrected chi connectivity index (χ4v) is 3.55. The van der Waals surface area contributed by atoms with Gasteiger partial charge in [0.2, 0.25) is 0 Å². The molecule has 0 amide bonds. The molecule has 3 rings (SSSR count). The Hall–Kier alpha value is -2.56. The first-order valence-corrected chi connectivity index (χ1v) is 9.23. The average Bonchev–Trinajstić information content (AvgIpc) is 3.18. The molecule has 2 heterocycles. The second-order valence-corrected chi connectivity index (χ2v) is 6.80. The van der Waals surface area contributed by atoms with Gasteiger partial charge in [0.25, 0.3) is 0 Å². The van der Waals surface area contributed by atoms with E-state index < -0.39 is 0 Å². The number of imidazole rings is 1. The lowest BCUT2D eigenvalue weighted by atomic mass is 10.1. The fourth-order valence-electron chi connectivity index (χ4n) is 3.55. The normalized spacial score (nSPS) is 11.1. The van der Waals surface area contributed by atoms with Gasteiger partial charge in [-0.2, -0.15) is 5.10 Å². The molecule has 0 atom stereocenters. The molecule has 5 nitrogen and oxygen atoms in total. The maximum absolute atomic E-state index is 5.35. The van der Waals surface area contributed by atoms with Crippen molar-refractivity contribution in [1.82, 2.24) is 19.3 Å². The van der Waals surface area contributed by atoms with E-state index in [2.05, 4.69) is 54.1 Å². The van der Waals surface area contributed by atoms with Gasteiger partial charge in [-0.3, -0.25) is 4.68 Å². The van der Waals surface area contributed by atoms with Gasteiger partial charge >= 0.3 is 0 Å². The zero-order chi connectivity index (χ0) is 18.7. The fraction of sp³-hybridized carbons (Fsp3) is 0.429. The molecule has 0 N–H and O–H groups in total. The summed E-state index contributed by atoms with van der Waals surface area (Å²) in [4.78, 5) is 4.40. The first-order valence-electron chi connectivity index (χ1n) is 9.23. The van der Waals surface area contributed by atoms with Crippen LogP contribution in [0, 0.1) is 20.8 Å². The molecule has 0 aliphatic heterocycles. The number of rotatable bonds is 7. The van der Waals surface area contributed by atoms with Crippen LogP contribution in [0.25, 0.3) is 11.3 Å². The summed E-state index contributed by atoms with van der Waals surface area (Å²) in [5.41, 5.74) is 7.11. The summed E-state index contributed by atoms with van der Waals surface area (Å²) < 4.78 is 9.69. The monoisotopic (exact) mass is 352 g/mol. The Morgan fingerprint density at radius 3 is 2.62 bits per heavy atom. The highest BCUT2D eigenvalue weighted by Crippen LogP contribution is 2.27. The Morgan fingerprint density at radius 1 is 1.12 bits per heavy atom. The van der Waals surface area contributed by atoms with Crippen molar-refractivity contribution in [1.29, 1.82) is 0 Å². The van der Waals surface area contributed by atoms with E-state index in [0.29, 0.717) is 0 Å². The predicted molar refractivity (Wildman–Crippen MR) is 105 cm³/mol. The van der Waals surface area contributed by atoms with Gasteiger partial charge in [0, 0.05) is 24.3 Å². The summed E-state index contributed by atoms with van der Waals surface area (Å²) in [5, 5.41) is 4.71. The Kier molecular flexibility index (Phi) is 5.45. The number of ether oxygens (including phenoxy) is 1. The van der Waals surface area contributed by atoms with Crippen molar-refractivity contribution >= 4 is 0 Å². The largest absolute Gasteiger partial charge is 0.496 e. The van der Waals surface area contributed by atoms with E-state index in [1.165, 1.54) is 22.4 Å². The number of hydrogen-bond donors (Lipinski definition) is 0. The van der Waals surface area contributed by atoms with E-state index in [-0.39, 0.29) is 0 Å². The quantitative estimate of drug-likeness (QED) is 0.636. The molecule has 26 heavy (non-hydrogen) atoms. The maximum atomic E-state index is 5.35. The van der Waals surface area contributed by atoms with Crippen LogP contribution in [0.5, 0.6) is 5.75 Å². The van der Waals surface area contributed by atoms with E-state index in [0.717, 1.165) is 43.1 Å². The van der Waals surface area contributed by atoms with Crippen LogP contribution in [0.3, 0.4) is 0 Å². The number of benzene rings is 1. The van der Waals surface area contributed by atoms with Crippen LogP contribution in [-0.4, -0.2) is 26.4 Å². The highest BCUT2D eigenvalue weighted by molar-refractivity contribution is 5.64. The van der Waals surface area contributed by atoms with Gasteiger partial charge < -0.3 is 9.30 Å². The van der Waals surface area contributed by atoms with Crippen molar-refractivity contribution in [3.63, 3.8) is 0 Å². The highest BCUT2D eigenvalue weighted by atomic mass is 16.5. The maximum Gasteiger partial charge on any atom is 0.121 e. The van der Waals surface area contributed by atoms with Crippen LogP contribution in [-0.2, 0) is 19.5 Å². The van der Waals surface area contributed by atoms with Gasteiger partial charge in [-0.05, 0) is 50.8 Å². The van der Waals surface area contributed by atoms with E-state index in [1.807, 2.05) is 18.6 Å². The highest BCUT2D eigenvalue weighted by Gasteiger charge is 2.16. The second kappa shape index (κ2) is 7.77. The van der Waals surface area contributed by atoms with Crippen LogP contribution >= 0.6 is 0 Å². The molecule has 0 radical (unpaired) electrons. The van der Waals surface area contributed by atoms with Crippen molar-refractivity contribution in [3.05, 3.63) is 53.2 Å². The van der Waals surface area contributed by atoms with Gasteiger partial charge in [0.05, 0.1) is 31.0 Å². The molecule has 0 spiro atoms. The standard InChI is InChI=1S/C21H28N4O/c1-6-10-25-17(4)21(16(3)23-25)19-13-22-14-24(19)11-9-18-7-8-20(26-5)15(2)12-18/h7-8,12-14H,6,9-11H2,1-5H3. The number of hydrogen-bond acceptors (Lipinski definition) is 3. The van der Waals surface area contributed by atoms with E-state index in [4.69, 9.17) is 9.84 Å². The molecule has 0 bridgehead atoms. The molecule has 138 valence electrons. The SMILES string of the molecule is CCCn1nc(C)c(-c2cncn2CCc2ccc(OC)c(C)c2)c1C. The van der Waals surface area contributed by atoms with Gasteiger partial charge in [-0.15, -0.1) is 0 Å². The van der Waals surface area contributed by atoms with Gasteiger partial charge in [-0.1, -0.05) is 19.1 Å². The smallest absolute Gasteiger partial charge is 0.121 e. The minimum Gasteiger partial charge on any atom is -0.496 e. The molecular formula is C21H28N4O. The van der Waals surface area contributed by atoms with E-state index in [9.17, 15) is 0 Å². The lowest BCUT2D eigenvalue weighted by molar-refractivity contribution is 0.411. The Labute approximate surface area is 155 Å². The topological polar surface area (TPSA) is 44.9 Å². The minimum absolute atomic E-state index is 0.888. The van der Waals surface area contributed by atoms with Crippen molar-refractivity contribution in [2.45, 2.75) is 53.6 Å². The molecule has 0 aliphatic carbocycles. The molecule has 1 aromatic carbocycles. The Morgan fingerprint density at radius 2 is 1.92 bits per heavy atom. The summed E-state index contributed by atoms with van der Waals surface area (Å²) in [6, 6.07) is 6.38. The van der Waals surface area contributed by atoms with Crippen LogP contribution in [0.15, 0.2) is 30.7 Å². The van der Waals surface area contributed by atoms with Crippen molar-refractivity contribution in [3.8, 4) is 17.0 Å². The molecule has 0 fully saturated rings. The third-order valence-corrected chi connectivity index (χ3v) is 4.89. The van der Waals surface area contributed by atoms with Crippen LogP contribution in [0.4, 0.5) is 0 Å². The first kappa shape index (κ1) is 18.2. The third kappa shape index (κ3) is 3.52. The van der Waals surface area contributed by atoms with Crippen molar-refractivity contribution < 1.29 is 4.74 Å². The van der Waals surface area contributed by atoms with E-state index in [1.54, 1.807) is 7.11 Å². The summed E-state index contributed by atoms with van der Waals surface area (Å²) >= 11 is 0. The zero-order valence-electron chi connectivity index (χ0n) is 16.4. The van der Waals surface area contributed by atoms with Gasteiger partial charge in [-0.25, -0.2) is 4.98 Å². The molecule has 0 aliphatic rings. The molecule has 0 saturated heterocycles. The summed E-state index contributed by atoms with van der Waals surface area (Å²) in [6.07, 6.45) is 5.90. The Bertz CT molecular complexity index is 892. The second-order valence-electron chi connectivity index (χ2n) is 6.80. The van der Waals surface area contributed by atoms with Gasteiger partial charge in [0.1, 0.15) is 5.75 Å². The number of aromatic nitrogens is 4. The molecule has 2 aromatic heterocycles. The predicted octanol–water partition coefficient (Wildman–Crippen LogP) is 4.33. The minimum atomic E-state index is 0.888. The lowest BCUT2D eigenvalue weighted by Gasteiger charge is -2.11. The molecular weight excluding hydrogens is 324 g/mol. The summed E-state index contributed by atoms with van der Waals surface area (Å²) in [6.45, 7) is 10.3. The van der Waals surface area contributed by atoms with Crippen LogP contribution in [0.2, 0.25) is 0 Å². The lowest BCUT2D eigenvalue weighted by Crippen LogP contribution is -2.04. The van der Waals surface area contributed by atoms with Crippen LogP contribution < -0.4 is 4.74 Å². The van der Waals surface area contributed by atoms with Crippen molar-refractivity contribution in [2.75, 3.05) is 7.11 Å². The Balaban J connectivity index is 1.82. The molecule has 0 unspecified atom stereocenters. The summed E-state index contributed by atoms with van der Waals surface area (Å²) in [7, 11) is 1.71. The number of methoxy groups -OCH3 is 1. The molecule has 3 aromatic rings. The van der Waals surface area contributed by atoms with Crippen molar-refractivity contribution in [2.24, 2.45) is 0 Å². The molecule has 5 heteroatoms. The van der Waals surface area contributed by atoms with E-state index >= 15 is 0 Å². The van der Waals surface area contributed by atoms with Crippen LogP contribution in [0.1, 0.15) is 35.9 Å². The average molecular weight is 352 g/mol. The third-order valence-electron chi connectivity index (χ3n) is 4.89. The number of nitrogens with zero attached hydrogens (tertiary/aromatic N) is 4. The zero-order valence-corrected chi connectivity index (χ0v) is 16.4.